The van der Waals surface area contributed by atoms with Gasteiger partial charge in [-0.1, -0.05) is 84.4 Å². The van der Waals surface area contributed by atoms with Crippen molar-refractivity contribution in [1.29, 1.82) is 0 Å². The average Bonchev–Trinajstić information content (AvgIpc) is 3.36. The van der Waals surface area contributed by atoms with E-state index in [1.54, 1.807) is 0 Å². The fourth-order valence-electron chi connectivity index (χ4n) is 14.6. The highest BCUT2D eigenvalue weighted by Gasteiger charge is 2.66. The maximum Gasteiger partial charge on any atom is 0.306 e. The van der Waals surface area contributed by atoms with Crippen LogP contribution < -0.4 is 5.32 Å². The largest absolute Gasteiger partial charge is 0.481 e. The molecule has 0 saturated heterocycles. The molecule has 0 aliphatic heterocycles. The number of nitrogens with one attached hydrogen (secondary N) is 1. The van der Waals surface area contributed by atoms with E-state index in [0.717, 1.165) is 49.7 Å². The Labute approximate surface area is 319 Å². The number of benzene rings is 1. The van der Waals surface area contributed by atoms with Crippen molar-refractivity contribution < 1.29 is 24.3 Å². The van der Waals surface area contributed by atoms with Crippen molar-refractivity contribution in [3.8, 4) is 0 Å². The van der Waals surface area contributed by atoms with Crippen LogP contribution in [0.5, 0.6) is 0 Å². The first kappa shape index (κ1) is 38.5. The third-order valence-corrected chi connectivity index (χ3v) is 17.4. The fraction of sp³-hybridized carbons (Fsp3) is 0.745. The first-order valence-corrected chi connectivity index (χ1v) is 21.2. The number of aliphatic carboxylic acids is 1. The van der Waals surface area contributed by atoms with Crippen molar-refractivity contribution in [3.05, 3.63) is 47.0 Å². The molecule has 2 N–H and O–H groups in total. The van der Waals surface area contributed by atoms with E-state index in [1.807, 2.05) is 25.1 Å². The number of carbonyl (C=O) groups excluding carboxylic acids is 3. The molecule has 11 unspecified atom stereocenters. The van der Waals surface area contributed by atoms with Gasteiger partial charge in [0.1, 0.15) is 5.78 Å². The van der Waals surface area contributed by atoms with Gasteiger partial charge < -0.3 is 10.4 Å². The number of amides is 1. The van der Waals surface area contributed by atoms with Gasteiger partial charge in [-0.25, -0.2) is 0 Å². The number of hydrogen-bond acceptors (Lipinski definition) is 4. The second-order valence-corrected chi connectivity index (χ2v) is 20.9. The number of ketones is 2. The maximum atomic E-state index is 14.1. The van der Waals surface area contributed by atoms with Gasteiger partial charge >= 0.3 is 5.97 Å². The molecule has 5 saturated carbocycles. The third-order valence-electron chi connectivity index (χ3n) is 17.4. The lowest BCUT2D eigenvalue weighted by Gasteiger charge is -2.69. The van der Waals surface area contributed by atoms with Gasteiger partial charge in [-0.05, 0) is 140 Å². The quantitative estimate of drug-likeness (QED) is 0.264. The molecule has 290 valence electrons. The van der Waals surface area contributed by atoms with Crippen LogP contribution in [-0.2, 0) is 24.7 Å². The van der Waals surface area contributed by atoms with E-state index >= 15 is 0 Å². The van der Waals surface area contributed by atoms with Crippen molar-refractivity contribution in [2.45, 2.75) is 145 Å². The SMILES string of the molecule is CC(C)C1=C2C3CCC4C(C)(CCC5C(C)(C)C(CC(=O)C6CC(C(=O)O)C6C)CCC54C)C3CCC2(CC(=O)NC(C)(C)c2ccccc2)CC1=O. The number of carboxylic acids is 1. The maximum absolute atomic E-state index is 14.1. The van der Waals surface area contributed by atoms with Crippen molar-refractivity contribution in [3.63, 3.8) is 0 Å². The number of fused-ring (bicyclic) bond motifs is 7. The minimum atomic E-state index is -0.761. The van der Waals surface area contributed by atoms with Gasteiger partial charge in [0.15, 0.2) is 5.78 Å². The number of hydrogen-bond donors (Lipinski definition) is 2. The van der Waals surface area contributed by atoms with Crippen molar-refractivity contribution in [1.82, 2.24) is 5.32 Å². The van der Waals surface area contributed by atoms with Gasteiger partial charge in [-0.3, -0.25) is 19.2 Å². The second-order valence-electron chi connectivity index (χ2n) is 20.9. The van der Waals surface area contributed by atoms with Crippen molar-refractivity contribution in [2.75, 3.05) is 0 Å². The molecule has 11 atom stereocenters. The minimum Gasteiger partial charge on any atom is -0.481 e. The Kier molecular flexibility index (Phi) is 9.58. The van der Waals surface area contributed by atoms with E-state index in [2.05, 4.69) is 72.8 Å². The Morgan fingerprint density at radius 1 is 0.887 bits per heavy atom. The van der Waals surface area contributed by atoms with E-state index < -0.39 is 11.5 Å². The topological polar surface area (TPSA) is 101 Å². The molecule has 1 amide bonds. The Hall–Kier alpha value is -2.76. The molecule has 0 aromatic heterocycles. The monoisotopic (exact) mass is 726 g/mol. The number of carboxylic acid groups (broad SMARTS) is 1. The molecule has 0 radical (unpaired) electrons. The smallest absolute Gasteiger partial charge is 0.306 e. The third kappa shape index (κ3) is 6.01. The lowest BCUT2D eigenvalue weighted by Crippen LogP contribution is -2.62. The molecular formula is C47H67NO5. The summed E-state index contributed by atoms with van der Waals surface area (Å²) in [5.74, 6) is 1.80. The van der Waals surface area contributed by atoms with Gasteiger partial charge in [-0.2, -0.15) is 0 Å². The highest BCUT2D eigenvalue weighted by Crippen LogP contribution is 2.74. The van der Waals surface area contributed by atoms with Gasteiger partial charge in [0, 0.05) is 30.6 Å². The van der Waals surface area contributed by atoms with Crippen LogP contribution >= 0.6 is 0 Å². The van der Waals surface area contributed by atoms with E-state index in [-0.39, 0.29) is 57.0 Å². The number of allylic oxidation sites excluding steroid dienone is 2. The molecule has 53 heavy (non-hydrogen) atoms. The standard InChI is InChI=1S/C47H67NO5/c1-27(2)40-36(50)25-47(26-39(51)48-44(6,7)29-13-11-10-12-14-29)22-18-34-31(41(40)47)15-16-38-45(34,8)21-19-37-43(4,5)30(17-20-46(37,38)9)23-35(49)32-24-33(28(32)3)42(52)53/h10-14,27-28,30-34,37-38H,15-26H2,1-9H3,(H,48,51)(H,52,53). The number of rotatable bonds is 9. The normalized spacial score (nSPS) is 40.4. The Morgan fingerprint density at radius 2 is 1.57 bits per heavy atom. The average molecular weight is 726 g/mol. The molecular weight excluding hydrogens is 659 g/mol. The zero-order chi connectivity index (χ0) is 38.5. The van der Waals surface area contributed by atoms with Crippen molar-refractivity contribution in [2.24, 2.45) is 74.9 Å². The van der Waals surface area contributed by atoms with E-state index in [1.165, 1.54) is 18.4 Å². The van der Waals surface area contributed by atoms with E-state index in [4.69, 9.17) is 0 Å². The zero-order valence-corrected chi connectivity index (χ0v) is 34.1. The molecule has 0 heterocycles. The van der Waals surface area contributed by atoms with E-state index in [0.29, 0.717) is 61.1 Å². The molecule has 1 aromatic carbocycles. The highest BCUT2D eigenvalue weighted by atomic mass is 16.4. The molecule has 6 aliphatic carbocycles. The second kappa shape index (κ2) is 13.2. The summed E-state index contributed by atoms with van der Waals surface area (Å²) in [6.45, 7) is 20.5. The molecule has 6 heteroatoms. The summed E-state index contributed by atoms with van der Waals surface area (Å²) in [5.41, 5.74) is 3.00. The van der Waals surface area contributed by atoms with Crippen molar-refractivity contribution >= 4 is 23.4 Å². The molecule has 0 bridgehead atoms. The molecule has 1 aromatic rings. The van der Waals surface area contributed by atoms with Crippen LogP contribution in [0.25, 0.3) is 0 Å². The number of Topliss-reactive ketones (excluding diaryl/α,β-unsaturated/α-hetero) is 2. The molecule has 6 nitrogen and oxygen atoms in total. The Bertz CT molecular complexity index is 1690. The Balaban J connectivity index is 1.11. The first-order valence-electron chi connectivity index (χ1n) is 21.2. The van der Waals surface area contributed by atoms with Gasteiger partial charge in [0.2, 0.25) is 5.91 Å². The first-order chi connectivity index (χ1) is 24.8. The fourth-order valence-corrected chi connectivity index (χ4v) is 14.6. The van der Waals surface area contributed by atoms with E-state index in [9.17, 15) is 24.3 Å². The van der Waals surface area contributed by atoms with Crippen LogP contribution in [-0.4, -0.2) is 28.5 Å². The predicted octanol–water partition coefficient (Wildman–Crippen LogP) is 9.95. The zero-order valence-electron chi connectivity index (χ0n) is 34.1. The van der Waals surface area contributed by atoms with Gasteiger partial charge in [0.05, 0.1) is 11.5 Å². The summed E-state index contributed by atoms with van der Waals surface area (Å²) in [6.07, 6.45) is 10.7. The lowest BCUT2D eigenvalue weighted by molar-refractivity contribution is -0.193. The highest BCUT2D eigenvalue weighted by molar-refractivity contribution is 6.01. The predicted molar refractivity (Wildman–Crippen MR) is 209 cm³/mol. The van der Waals surface area contributed by atoms with Crippen LogP contribution in [0, 0.1) is 74.9 Å². The Morgan fingerprint density at radius 3 is 2.21 bits per heavy atom. The number of carbonyl (C=O) groups is 4. The van der Waals surface area contributed by atoms with Crippen LogP contribution in [0.3, 0.4) is 0 Å². The molecule has 0 spiro atoms. The van der Waals surface area contributed by atoms with Crippen LogP contribution in [0.4, 0.5) is 0 Å². The summed E-state index contributed by atoms with van der Waals surface area (Å²) in [6, 6.07) is 10.2. The molecule has 5 fully saturated rings. The summed E-state index contributed by atoms with van der Waals surface area (Å²) >= 11 is 0. The lowest BCUT2D eigenvalue weighted by atomic mass is 9.35. The van der Waals surface area contributed by atoms with Crippen LogP contribution in [0.15, 0.2) is 41.5 Å². The van der Waals surface area contributed by atoms with Gasteiger partial charge in [-0.15, -0.1) is 0 Å². The summed E-state index contributed by atoms with van der Waals surface area (Å²) in [4.78, 5) is 53.3. The molecule has 6 aliphatic rings. The van der Waals surface area contributed by atoms with Gasteiger partial charge in [0.25, 0.3) is 0 Å². The summed E-state index contributed by atoms with van der Waals surface area (Å²) in [7, 11) is 0. The van der Waals surface area contributed by atoms with Crippen LogP contribution in [0.1, 0.15) is 145 Å². The summed E-state index contributed by atoms with van der Waals surface area (Å²) in [5, 5.41) is 12.9. The minimum absolute atomic E-state index is 0.0356. The molecule has 7 rings (SSSR count). The van der Waals surface area contributed by atoms with Crippen LogP contribution in [0.2, 0.25) is 0 Å². The summed E-state index contributed by atoms with van der Waals surface area (Å²) < 4.78 is 0.